The molecule has 0 aromatic carbocycles. The summed E-state index contributed by atoms with van der Waals surface area (Å²) in [5, 5.41) is 10.2. The fraction of sp³-hybridized carbons (Fsp3) is 0.926. The van der Waals surface area contributed by atoms with Crippen molar-refractivity contribution in [1.29, 1.82) is 0 Å². The van der Waals surface area contributed by atoms with E-state index in [4.69, 9.17) is 0 Å². The van der Waals surface area contributed by atoms with Gasteiger partial charge in [-0.05, 0) is 105 Å². The summed E-state index contributed by atoms with van der Waals surface area (Å²) in [6.07, 6.45) is -0.464. The van der Waals surface area contributed by atoms with E-state index in [9.17, 15) is 31.4 Å². The van der Waals surface area contributed by atoms with Crippen molar-refractivity contribution in [2.75, 3.05) is 0 Å². The van der Waals surface area contributed by atoms with E-state index >= 15 is 0 Å². The normalized spacial score (nSPS) is 42.9. The Balaban J connectivity index is 1.43. The largest absolute Gasteiger partial charge is 0.428 e. The average Bonchev–Trinajstić information content (AvgIpc) is 3.10. The molecule has 0 aromatic rings. The molecular formula is C27H40F6O. The monoisotopic (exact) mass is 494 g/mol. The highest BCUT2D eigenvalue weighted by Gasteiger charge is 2.62. The molecule has 7 heteroatoms. The maximum Gasteiger partial charge on any atom is 0.428 e. The Morgan fingerprint density at radius 1 is 1.03 bits per heavy atom. The molecule has 4 aliphatic rings. The number of fused-ring (bicyclic) bond motifs is 5. The fourth-order valence-electron chi connectivity index (χ4n) is 8.87. The van der Waals surface area contributed by atoms with E-state index in [1.807, 2.05) is 6.92 Å². The summed E-state index contributed by atoms with van der Waals surface area (Å²) in [4.78, 5) is 0. The highest BCUT2D eigenvalue weighted by Crippen LogP contribution is 2.67. The third-order valence-corrected chi connectivity index (χ3v) is 10.9. The van der Waals surface area contributed by atoms with Gasteiger partial charge in [0, 0.05) is 0 Å². The molecule has 9 atom stereocenters. The fourth-order valence-corrected chi connectivity index (χ4v) is 8.87. The molecule has 4 rings (SSSR count). The molecule has 1 N–H and O–H groups in total. The van der Waals surface area contributed by atoms with Crippen molar-refractivity contribution in [2.45, 2.75) is 116 Å². The number of aliphatic hydroxyl groups excluding tert-OH is 1. The zero-order valence-electron chi connectivity index (χ0n) is 20.6. The number of rotatable bonds is 6. The van der Waals surface area contributed by atoms with Crippen LogP contribution in [-0.2, 0) is 0 Å². The Morgan fingerprint density at radius 3 is 2.38 bits per heavy atom. The topological polar surface area (TPSA) is 20.2 Å². The summed E-state index contributed by atoms with van der Waals surface area (Å²) >= 11 is 0. The van der Waals surface area contributed by atoms with Gasteiger partial charge in [-0.1, -0.05) is 38.8 Å². The minimum atomic E-state index is -5.55. The number of alkyl halides is 6. The van der Waals surface area contributed by atoms with Crippen LogP contribution in [0.1, 0.15) is 91.4 Å². The van der Waals surface area contributed by atoms with Crippen LogP contribution >= 0.6 is 0 Å². The van der Waals surface area contributed by atoms with E-state index in [0.29, 0.717) is 30.1 Å². The van der Waals surface area contributed by atoms with E-state index in [-0.39, 0.29) is 29.3 Å². The quantitative estimate of drug-likeness (QED) is 0.291. The van der Waals surface area contributed by atoms with E-state index in [1.165, 1.54) is 5.57 Å². The van der Waals surface area contributed by atoms with Crippen molar-refractivity contribution in [3.05, 3.63) is 11.6 Å². The van der Waals surface area contributed by atoms with Gasteiger partial charge in [0.15, 0.2) is 0 Å². The lowest BCUT2D eigenvalue weighted by Crippen LogP contribution is -2.50. The van der Waals surface area contributed by atoms with Gasteiger partial charge in [-0.25, -0.2) is 13.2 Å². The predicted octanol–water partition coefficient (Wildman–Crippen LogP) is 8.27. The number of hydrogen-bond donors (Lipinski definition) is 1. The SMILES string of the molecule is C[C@H](CCCC(F)(C(F)F)C(F)(F)F)[C@H]1CC[C@H]2[C@@H]3CC=C4C[C@@H](O)CC[C@]4(C)[C@H]3CC[C@]12C. The van der Waals surface area contributed by atoms with Crippen LogP contribution in [0.4, 0.5) is 26.3 Å². The van der Waals surface area contributed by atoms with Crippen LogP contribution in [-0.4, -0.2) is 29.5 Å². The van der Waals surface area contributed by atoms with Crippen LogP contribution in [0.25, 0.3) is 0 Å². The molecular weight excluding hydrogens is 454 g/mol. The lowest BCUT2D eigenvalue weighted by Gasteiger charge is -2.58. The third kappa shape index (κ3) is 4.14. The van der Waals surface area contributed by atoms with Crippen molar-refractivity contribution in [3.8, 4) is 0 Å². The number of halogens is 6. The van der Waals surface area contributed by atoms with Gasteiger partial charge in [0.05, 0.1) is 6.10 Å². The number of allylic oxidation sites excluding steroid dienone is 1. The molecule has 0 spiro atoms. The minimum absolute atomic E-state index is 0.0804. The summed E-state index contributed by atoms with van der Waals surface area (Å²) in [5.41, 5.74) is -2.74. The molecule has 3 saturated carbocycles. The van der Waals surface area contributed by atoms with Crippen molar-refractivity contribution < 1.29 is 31.4 Å². The summed E-state index contributed by atoms with van der Waals surface area (Å²) in [6, 6.07) is 0. The van der Waals surface area contributed by atoms with Gasteiger partial charge >= 0.3 is 6.18 Å². The Bertz CT molecular complexity index is 780. The Hall–Kier alpha value is -0.720. The van der Waals surface area contributed by atoms with Crippen LogP contribution in [0.2, 0.25) is 0 Å². The first-order valence-electron chi connectivity index (χ1n) is 13.2. The molecule has 0 saturated heterocycles. The third-order valence-electron chi connectivity index (χ3n) is 10.9. The van der Waals surface area contributed by atoms with Crippen LogP contribution in [0.15, 0.2) is 11.6 Å². The minimum Gasteiger partial charge on any atom is -0.393 e. The molecule has 1 unspecified atom stereocenters. The standard InChI is InChI=1S/C27H40F6O/c1-16(5-4-12-26(30,23(28)29)27(31,32)33)20-8-9-21-19-7-6-17-15-18(34)10-13-24(17,2)22(19)11-14-25(20,21)3/h6,16,18-23,34H,4-5,7-15H2,1-3H3/t16-,18+,19+,20-,21+,22+,24+,25-,26?/m1/s1. The van der Waals surface area contributed by atoms with E-state index in [1.54, 1.807) is 0 Å². The van der Waals surface area contributed by atoms with Gasteiger partial charge in [0.2, 0.25) is 0 Å². The lowest BCUT2D eigenvalue weighted by molar-refractivity contribution is -0.270. The summed E-state index contributed by atoms with van der Waals surface area (Å²) in [7, 11) is 0. The van der Waals surface area contributed by atoms with Gasteiger partial charge in [-0.3, -0.25) is 0 Å². The lowest BCUT2D eigenvalue weighted by atomic mass is 9.47. The van der Waals surface area contributed by atoms with Gasteiger partial charge in [0.1, 0.15) is 0 Å². The molecule has 196 valence electrons. The number of hydrogen-bond acceptors (Lipinski definition) is 1. The first-order chi connectivity index (χ1) is 15.7. The second-order valence-corrected chi connectivity index (χ2v) is 12.4. The molecule has 4 aliphatic carbocycles. The predicted molar refractivity (Wildman–Crippen MR) is 120 cm³/mol. The van der Waals surface area contributed by atoms with Gasteiger partial charge in [0.25, 0.3) is 12.1 Å². The first-order valence-corrected chi connectivity index (χ1v) is 13.2. The molecule has 0 amide bonds. The smallest absolute Gasteiger partial charge is 0.393 e. The van der Waals surface area contributed by atoms with Gasteiger partial charge in [-0.2, -0.15) is 13.2 Å². The maximum absolute atomic E-state index is 14.1. The van der Waals surface area contributed by atoms with E-state index < -0.39 is 24.7 Å². The maximum atomic E-state index is 14.1. The molecule has 3 fully saturated rings. The molecule has 0 heterocycles. The molecule has 34 heavy (non-hydrogen) atoms. The highest BCUT2D eigenvalue weighted by atomic mass is 19.4. The second kappa shape index (κ2) is 8.99. The van der Waals surface area contributed by atoms with Crippen molar-refractivity contribution >= 4 is 0 Å². The first kappa shape index (κ1) is 26.3. The average molecular weight is 495 g/mol. The summed E-state index contributed by atoms with van der Waals surface area (Å²) in [5.74, 6) is 2.16. The van der Waals surface area contributed by atoms with Gasteiger partial charge in [-0.15, -0.1) is 0 Å². The molecule has 0 bridgehead atoms. The number of aliphatic hydroxyl groups is 1. The highest BCUT2D eigenvalue weighted by molar-refractivity contribution is 5.25. The molecule has 0 aliphatic heterocycles. The molecule has 0 radical (unpaired) electrons. The zero-order chi connectivity index (χ0) is 25.1. The van der Waals surface area contributed by atoms with Crippen LogP contribution < -0.4 is 0 Å². The van der Waals surface area contributed by atoms with Crippen LogP contribution in [0.5, 0.6) is 0 Å². The van der Waals surface area contributed by atoms with Crippen molar-refractivity contribution in [2.24, 2.45) is 40.4 Å². The van der Waals surface area contributed by atoms with Crippen molar-refractivity contribution in [3.63, 3.8) is 0 Å². The summed E-state index contributed by atoms with van der Waals surface area (Å²) < 4.78 is 78.6. The van der Waals surface area contributed by atoms with Crippen molar-refractivity contribution in [1.82, 2.24) is 0 Å². The Labute approximate surface area is 199 Å². The van der Waals surface area contributed by atoms with E-state index in [0.717, 1.165) is 51.4 Å². The zero-order valence-corrected chi connectivity index (χ0v) is 20.6. The van der Waals surface area contributed by atoms with Gasteiger partial charge < -0.3 is 5.11 Å². The Morgan fingerprint density at radius 2 is 1.74 bits per heavy atom. The van der Waals surface area contributed by atoms with E-state index in [2.05, 4.69) is 19.9 Å². The van der Waals surface area contributed by atoms with Crippen LogP contribution in [0.3, 0.4) is 0 Å². The summed E-state index contributed by atoms with van der Waals surface area (Å²) in [6.45, 7) is 6.73. The Kier molecular flexibility index (Phi) is 6.96. The van der Waals surface area contributed by atoms with Crippen LogP contribution in [0, 0.1) is 40.4 Å². The molecule has 1 nitrogen and oxygen atoms in total. The second-order valence-electron chi connectivity index (χ2n) is 12.4. The molecule has 0 aromatic heterocycles.